The monoisotopic (exact) mass is 656 g/mol. The Kier molecular flexibility index (Phi) is 15.2. The van der Waals surface area contributed by atoms with Crippen molar-refractivity contribution in [1.82, 2.24) is 31.5 Å². The van der Waals surface area contributed by atoms with E-state index in [1.165, 1.54) is 11.1 Å². The second kappa shape index (κ2) is 18.9. The molecule has 40 heavy (non-hydrogen) atoms. The van der Waals surface area contributed by atoms with Crippen molar-refractivity contribution < 1.29 is 4.79 Å². The van der Waals surface area contributed by atoms with Crippen LogP contribution in [0.25, 0.3) is 0 Å². The molecule has 3 aromatic carbocycles. The average Bonchev–Trinajstić information content (AvgIpc) is 3.05. The van der Waals surface area contributed by atoms with Gasteiger partial charge in [0.2, 0.25) is 5.91 Å². The summed E-state index contributed by atoms with van der Waals surface area (Å²) in [5.41, 5.74) is 3.80. The number of nitrogens with one attached hydrogen (secondary N) is 5. The summed E-state index contributed by atoms with van der Waals surface area (Å²) in [5.74, 6) is 0.0671. The van der Waals surface area contributed by atoms with Gasteiger partial charge in [0.05, 0.1) is 0 Å². The smallest absolute Gasteiger partial charge is 0.241 e. The van der Waals surface area contributed by atoms with Gasteiger partial charge in [-0.1, -0.05) is 114 Å². The number of rotatable bonds is 3. The van der Waals surface area contributed by atoms with E-state index in [4.69, 9.17) is 0 Å². The van der Waals surface area contributed by atoms with Gasteiger partial charge in [-0.15, -0.1) is 0 Å². The Morgan fingerprint density at radius 2 is 1.18 bits per heavy atom. The minimum absolute atomic E-state index is 0.0671. The van der Waals surface area contributed by atoms with Gasteiger partial charge < -0.3 is 31.5 Å². The van der Waals surface area contributed by atoms with Crippen LogP contribution >= 0.6 is 22.6 Å². The molecule has 0 saturated carbocycles. The van der Waals surface area contributed by atoms with Gasteiger partial charge in [-0.3, -0.25) is 4.79 Å². The first kappa shape index (κ1) is 32.2. The molecule has 3 saturated heterocycles. The quantitative estimate of drug-likeness (QED) is 0.219. The fraction of sp³-hybridized carbons (Fsp3) is 0.406. The number of likely N-dealkylation sites (N-methyl/N-ethyl adjacent to an activating group) is 1. The van der Waals surface area contributed by atoms with Gasteiger partial charge in [0.25, 0.3) is 0 Å². The van der Waals surface area contributed by atoms with Crippen LogP contribution < -0.4 is 26.6 Å². The number of alkyl halides is 1. The molecule has 216 valence electrons. The second-order valence-electron chi connectivity index (χ2n) is 9.89. The number of amides is 1. The first-order valence-corrected chi connectivity index (χ1v) is 16.3. The Hall–Kier alpha value is -2.34. The zero-order valence-corrected chi connectivity index (χ0v) is 25.9. The number of hydrogen-bond donors (Lipinski definition) is 5. The summed E-state index contributed by atoms with van der Waals surface area (Å²) in [6.45, 7) is 8.13. The van der Waals surface area contributed by atoms with E-state index in [2.05, 4.69) is 122 Å². The minimum atomic E-state index is -0.171. The first-order chi connectivity index (χ1) is 19.7. The average molecular weight is 657 g/mol. The van der Waals surface area contributed by atoms with E-state index in [1.807, 2.05) is 35.3 Å². The summed E-state index contributed by atoms with van der Waals surface area (Å²) in [6.07, 6.45) is 0. The van der Waals surface area contributed by atoms with Crippen LogP contribution in [0.15, 0.2) is 91.0 Å². The lowest BCUT2D eigenvalue weighted by atomic mass is 10.1. The summed E-state index contributed by atoms with van der Waals surface area (Å²) in [7, 11) is 2.18. The Bertz CT molecular complexity index is 1070. The fourth-order valence-electron chi connectivity index (χ4n) is 4.89. The highest BCUT2D eigenvalue weighted by molar-refractivity contribution is 14.1. The number of hydrogen-bond acceptors (Lipinski definition) is 6. The van der Waals surface area contributed by atoms with Gasteiger partial charge in [0.1, 0.15) is 6.04 Å². The van der Waals surface area contributed by atoms with Crippen LogP contribution in [0, 0.1) is 0 Å². The normalized spacial score (nSPS) is 22.6. The molecule has 3 aliphatic heterocycles. The molecule has 8 heteroatoms. The lowest BCUT2D eigenvalue weighted by Gasteiger charge is -2.31. The molecule has 3 atom stereocenters. The molecule has 3 fully saturated rings. The number of piperazine rings is 3. The Morgan fingerprint density at radius 1 is 0.650 bits per heavy atom. The summed E-state index contributed by atoms with van der Waals surface area (Å²) in [5, 5.41) is 16.4. The highest BCUT2D eigenvalue weighted by Crippen LogP contribution is 2.16. The van der Waals surface area contributed by atoms with Crippen LogP contribution in [-0.4, -0.2) is 75.1 Å². The number of benzene rings is 3. The second-order valence-corrected chi connectivity index (χ2v) is 9.89. The summed E-state index contributed by atoms with van der Waals surface area (Å²) >= 11 is 2.15. The Balaban J connectivity index is 0.000000160. The maximum atomic E-state index is 11.4. The van der Waals surface area contributed by atoms with E-state index in [0.29, 0.717) is 12.1 Å². The molecule has 6 rings (SSSR count). The summed E-state index contributed by atoms with van der Waals surface area (Å²) in [4.78, 5) is 15.8. The predicted molar refractivity (Wildman–Crippen MR) is 175 cm³/mol. The van der Waals surface area contributed by atoms with Crippen LogP contribution in [-0.2, 0) is 4.79 Å². The van der Waals surface area contributed by atoms with Crippen LogP contribution in [0.2, 0.25) is 0 Å². The molecule has 0 spiro atoms. The van der Waals surface area contributed by atoms with Crippen molar-refractivity contribution in [2.45, 2.75) is 18.1 Å². The topological polar surface area (TPSA) is 80.5 Å². The third-order valence-corrected chi connectivity index (χ3v) is 6.99. The molecule has 3 heterocycles. The molecule has 1 amide bonds. The zero-order valence-electron chi connectivity index (χ0n) is 23.8. The van der Waals surface area contributed by atoms with Crippen LogP contribution in [0.4, 0.5) is 0 Å². The number of carbonyl (C=O) groups excluding carboxylic acids is 1. The fourth-order valence-corrected chi connectivity index (χ4v) is 4.89. The van der Waals surface area contributed by atoms with Gasteiger partial charge in [-0.25, -0.2) is 0 Å². The van der Waals surface area contributed by atoms with Gasteiger partial charge in [0, 0.05) is 64.4 Å². The Labute approximate surface area is 254 Å². The molecule has 3 aromatic rings. The van der Waals surface area contributed by atoms with E-state index in [-0.39, 0.29) is 11.9 Å². The van der Waals surface area contributed by atoms with Crippen molar-refractivity contribution in [3.8, 4) is 0 Å². The standard InChI is InChI=1S/C11H16N2.C10H12N2O.C10H14N2.CH3I/c1-13-8-7-12-11(9-13)10-5-3-2-4-6-10;13-10-9(11-6-7-12-10)8-4-2-1-3-5-8;1-2-4-9(5-3-1)10-8-11-6-7-12-10;1-2/h2-6,11-12H,7-9H2,1H3;1-5,9,11H,6-7H2,(H,12,13);1-5,10-12H,6-8H2;1H3. The SMILES string of the molecule is CI.CN1CCNC(c2ccccc2)C1.O=C1NCCNC1c1ccccc1.c1ccc(C2CNCCN2)cc1. The molecule has 3 aliphatic rings. The van der Waals surface area contributed by atoms with Gasteiger partial charge >= 0.3 is 0 Å². The zero-order chi connectivity index (χ0) is 28.4. The van der Waals surface area contributed by atoms with Gasteiger partial charge in [-0.05, 0) is 28.7 Å². The molecule has 0 aliphatic carbocycles. The third kappa shape index (κ3) is 10.9. The third-order valence-electron chi connectivity index (χ3n) is 6.99. The maximum absolute atomic E-state index is 11.4. The largest absolute Gasteiger partial charge is 0.353 e. The van der Waals surface area contributed by atoms with Crippen molar-refractivity contribution in [2.75, 3.05) is 64.3 Å². The summed E-state index contributed by atoms with van der Waals surface area (Å²) < 4.78 is 0. The molecular weight excluding hydrogens is 611 g/mol. The highest BCUT2D eigenvalue weighted by Gasteiger charge is 2.22. The van der Waals surface area contributed by atoms with Crippen molar-refractivity contribution in [3.63, 3.8) is 0 Å². The molecule has 0 bridgehead atoms. The molecule has 7 nitrogen and oxygen atoms in total. The van der Waals surface area contributed by atoms with E-state index < -0.39 is 0 Å². The maximum Gasteiger partial charge on any atom is 0.241 e. The van der Waals surface area contributed by atoms with Crippen molar-refractivity contribution in [3.05, 3.63) is 108 Å². The molecule has 0 aromatic heterocycles. The lowest BCUT2D eigenvalue weighted by molar-refractivity contribution is -0.124. The Morgan fingerprint density at radius 3 is 1.70 bits per heavy atom. The molecule has 3 unspecified atom stereocenters. The molecule has 5 N–H and O–H groups in total. The van der Waals surface area contributed by atoms with E-state index >= 15 is 0 Å². The lowest BCUT2D eigenvalue weighted by Crippen LogP contribution is -2.47. The van der Waals surface area contributed by atoms with E-state index in [1.54, 1.807) is 0 Å². The summed E-state index contributed by atoms with van der Waals surface area (Å²) in [6, 6.07) is 31.8. The molecular formula is C32H45IN6O. The van der Waals surface area contributed by atoms with Gasteiger partial charge in [0.15, 0.2) is 0 Å². The van der Waals surface area contributed by atoms with Crippen LogP contribution in [0.1, 0.15) is 34.8 Å². The van der Waals surface area contributed by atoms with Crippen LogP contribution in [0.5, 0.6) is 0 Å². The number of nitrogens with zero attached hydrogens (tertiary/aromatic N) is 1. The van der Waals surface area contributed by atoms with Crippen molar-refractivity contribution in [2.24, 2.45) is 0 Å². The number of carbonyl (C=O) groups is 1. The predicted octanol–water partition coefficient (Wildman–Crippen LogP) is 3.68. The highest BCUT2D eigenvalue weighted by atomic mass is 127. The van der Waals surface area contributed by atoms with Crippen molar-refractivity contribution in [1.29, 1.82) is 0 Å². The van der Waals surface area contributed by atoms with Gasteiger partial charge in [-0.2, -0.15) is 0 Å². The van der Waals surface area contributed by atoms with E-state index in [0.717, 1.165) is 57.9 Å². The number of halogens is 1. The van der Waals surface area contributed by atoms with E-state index in [9.17, 15) is 4.79 Å². The first-order valence-electron chi connectivity index (χ1n) is 14.1. The molecule has 0 radical (unpaired) electrons. The van der Waals surface area contributed by atoms with Crippen molar-refractivity contribution >= 4 is 28.5 Å². The minimum Gasteiger partial charge on any atom is -0.353 e. The van der Waals surface area contributed by atoms with Crippen LogP contribution in [0.3, 0.4) is 0 Å².